The maximum Gasteiger partial charge on any atom is 0.237 e. The lowest BCUT2D eigenvalue weighted by Crippen LogP contribution is -2.61. The third-order valence-corrected chi connectivity index (χ3v) is 6.49. The zero-order valence-corrected chi connectivity index (χ0v) is 15.1. The summed E-state index contributed by atoms with van der Waals surface area (Å²) in [5, 5.41) is 0. The third kappa shape index (κ3) is 3.79. The molecule has 3 rings (SSSR count). The molecular weight excluding hydrogens is 326 g/mol. The van der Waals surface area contributed by atoms with E-state index in [0.29, 0.717) is 19.6 Å². The van der Waals surface area contributed by atoms with Gasteiger partial charge >= 0.3 is 0 Å². The highest BCUT2D eigenvalue weighted by atomic mass is 32.2. The van der Waals surface area contributed by atoms with Crippen LogP contribution in [0.5, 0.6) is 0 Å². The Bertz CT molecular complexity index is 690. The van der Waals surface area contributed by atoms with Crippen molar-refractivity contribution in [3.05, 3.63) is 35.9 Å². The Labute approximate surface area is 144 Å². The molecule has 24 heavy (non-hydrogen) atoms. The number of fused-ring (bicyclic) bond motifs is 1. The first-order chi connectivity index (χ1) is 11.4. The number of rotatable bonds is 4. The maximum absolute atomic E-state index is 12.5. The van der Waals surface area contributed by atoms with Crippen molar-refractivity contribution in [2.45, 2.75) is 18.6 Å². The number of amides is 1. The van der Waals surface area contributed by atoms with Gasteiger partial charge in [0, 0.05) is 25.7 Å². The van der Waals surface area contributed by atoms with Crippen molar-refractivity contribution < 1.29 is 13.2 Å². The molecule has 1 aromatic carbocycles. The standard InChI is InChI=1S/C17H25N3O3S/c1-18(2)11-17(21)20-9-8-19(10-14-6-4-3-5-7-14)15-12-24(22,23)13-16(15)20/h3-7,15-16H,8-13H2,1-2H3/t15-,16+/m1/s1. The van der Waals surface area contributed by atoms with Gasteiger partial charge in [0.15, 0.2) is 9.84 Å². The van der Waals surface area contributed by atoms with Crippen molar-refractivity contribution in [2.24, 2.45) is 0 Å². The molecule has 0 aromatic heterocycles. The van der Waals surface area contributed by atoms with E-state index in [2.05, 4.69) is 17.0 Å². The Hall–Kier alpha value is -1.44. The number of nitrogens with zero attached hydrogens (tertiary/aromatic N) is 3. The van der Waals surface area contributed by atoms with Crippen molar-refractivity contribution in [1.82, 2.24) is 14.7 Å². The summed E-state index contributed by atoms with van der Waals surface area (Å²) >= 11 is 0. The predicted octanol–water partition coefficient (Wildman–Crippen LogP) is 0.0580. The Morgan fingerprint density at radius 3 is 2.46 bits per heavy atom. The molecule has 7 heteroatoms. The van der Waals surface area contributed by atoms with Crippen LogP contribution in [0, 0.1) is 0 Å². The molecule has 2 aliphatic heterocycles. The third-order valence-electron chi connectivity index (χ3n) is 4.79. The normalized spacial score (nSPS) is 26.5. The number of likely N-dealkylation sites (N-methyl/N-ethyl adjacent to an activating group) is 1. The van der Waals surface area contributed by atoms with Crippen molar-refractivity contribution >= 4 is 15.7 Å². The summed E-state index contributed by atoms with van der Waals surface area (Å²) in [6, 6.07) is 9.76. The zero-order chi connectivity index (χ0) is 17.3. The van der Waals surface area contributed by atoms with Gasteiger partial charge in [-0.25, -0.2) is 8.42 Å². The molecule has 0 unspecified atom stereocenters. The summed E-state index contributed by atoms with van der Waals surface area (Å²) in [4.78, 5) is 18.3. The van der Waals surface area contributed by atoms with Crippen LogP contribution >= 0.6 is 0 Å². The van der Waals surface area contributed by atoms with Crippen LogP contribution in [0.15, 0.2) is 30.3 Å². The Balaban J connectivity index is 1.78. The second kappa shape index (κ2) is 6.82. The smallest absolute Gasteiger partial charge is 0.237 e. The number of hydrogen-bond donors (Lipinski definition) is 0. The lowest BCUT2D eigenvalue weighted by Gasteiger charge is -2.44. The van der Waals surface area contributed by atoms with E-state index < -0.39 is 9.84 Å². The Kier molecular flexibility index (Phi) is 4.94. The Morgan fingerprint density at radius 1 is 1.12 bits per heavy atom. The molecule has 0 aliphatic carbocycles. The van der Waals surface area contributed by atoms with E-state index in [1.165, 1.54) is 5.56 Å². The van der Waals surface area contributed by atoms with Crippen LogP contribution in [0.25, 0.3) is 0 Å². The van der Waals surface area contributed by atoms with Crippen molar-refractivity contribution in [3.63, 3.8) is 0 Å². The van der Waals surface area contributed by atoms with E-state index in [-0.39, 0.29) is 29.5 Å². The van der Waals surface area contributed by atoms with E-state index in [0.717, 1.165) is 6.54 Å². The van der Waals surface area contributed by atoms with Gasteiger partial charge in [-0.2, -0.15) is 0 Å². The minimum absolute atomic E-state index is 0.0199. The molecule has 0 saturated carbocycles. The largest absolute Gasteiger partial charge is 0.335 e. The van der Waals surface area contributed by atoms with Crippen LogP contribution in [0.4, 0.5) is 0 Å². The number of hydrogen-bond acceptors (Lipinski definition) is 5. The lowest BCUT2D eigenvalue weighted by atomic mass is 10.0. The van der Waals surface area contributed by atoms with Gasteiger partial charge in [-0.15, -0.1) is 0 Å². The van der Waals surface area contributed by atoms with Crippen LogP contribution in [0.1, 0.15) is 5.56 Å². The summed E-state index contributed by atoms with van der Waals surface area (Å²) in [6.45, 7) is 2.36. The second-order valence-electron chi connectivity index (χ2n) is 6.99. The molecule has 2 atom stereocenters. The lowest BCUT2D eigenvalue weighted by molar-refractivity contribution is -0.137. The van der Waals surface area contributed by atoms with Gasteiger partial charge in [0.05, 0.1) is 24.1 Å². The molecule has 2 aliphatic rings. The van der Waals surface area contributed by atoms with Gasteiger partial charge in [-0.3, -0.25) is 9.69 Å². The van der Waals surface area contributed by atoms with Gasteiger partial charge < -0.3 is 9.80 Å². The first-order valence-electron chi connectivity index (χ1n) is 8.28. The molecule has 2 heterocycles. The molecule has 1 aromatic rings. The SMILES string of the molecule is CN(C)CC(=O)N1CCN(Cc2ccccc2)[C@@H]2CS(=O)(=O)C[C@@H]21. The molecule has 0 radical (unpaired) electrons. The second-order valence-corrected chi connectivity index (χ2v) is 9.15. The van der Waals surface area contributed by atoms with Gasteiger partial charge in [0.25, 0.3) is 0 Å². The fourth-order valence-corrected chi connectivity index (χ4v) is 5.72. The summed E-state index contributed by atoms with van der Waals surface area (Å²) in [5.74, 6) is 0.254. The average molecular weight is 351 g/mol. The number of sulfone groups is 1. The first-order valence-corrected chi connectivity index (χ1v) is 10.1. The minimum atomic E-state index is -3.10. The van der Waals surface area contributed by atoms with Crippen LogP contribution in [-0.2, 0) is 21.2 Å². The van der Waals surface area contributed by atoms with Gasteiger partial charge in [0.1, 0.15) is 0 Å². The van der Waals surface area contributed by atoms with Crippen molar-refractivity contribution in [2.75, 3.05) is 45.2 Å². The summed E-state index contributed by atoms with van der Waals surface area (Å²) in [5.41, 5.74) is 1.17. The molecule has 132 valence electrons. The molecule has 6 nitrogen and oxygen atoms in total. The van der Waals surface area contributed by atoms with Crippen molar-refractivity contribution in [3.8, 4) is 0 Å². The molecule has 1 amide bonds. The average Bonchev–Trinajstić information content (AvgIpc) is 2.83. The molecule has 0 bridgehead atoms. The zero-order valence-electron chi connectivity index (χ0n) is 14.3. The first kappa shape index (κ1) is 17.4. The topological polar surface area (TPSA) is 60.9 Å². The highest BCUT2D eigenvalue weighted by molar-refractivity contribution is 7.91. The molecule has 2 fully saturated rings. The fourth-order valence-electron chi connectivity index (χ4n) is 3.71. The van der Waals surface area contributed by atoms with Gasteiger partial charge in [0.2, 0.25) is 5.91 Å². The van der Waals surface area contributed by atoms with Crippen LogP contribution in [0.3, 0.4) is 0 Å². The van der Waals surface area contributed by atoms with Crippen molar-refractivity contribution in [1.29, 1.82) is 0 Å². The minimum Gasteiger partial charge on any atom is -0.335 e. The summed E-state index contributed by atoms with van der Waals surface area (Å²) in [7, 11) is 0.609. The molecule has 0 spiro atoms. The number of piperazine rings is 1. The van der Waals surface area contributed by atoms with Crippen LogP contribution in [-0.4, -0.2) is 86.3 Å². The van der Waals surface area contributed by atoms with Crippen LogP contribution < -0.4 is 0 Å². The monoisotopic (exact) mass is 351 g/mol. The van der Waals surface area contributed by atoms with E-state index in [4.69, 9.17) is 0 Å². The number of carbonyl (C=O) groups excluding carboxylic acids is 1. The molecule has 0 N–H and O–H groups in total. The van der Waals surface area contributed by atoms with E-state index >= 15 is 0 Å². The predicted molar refractivity (Wildman–Crippen MR) is 93.3 cm³/mol. The van der Waals surface area contributed by atoms with Gasteiger partial charge in [-0.05, 0) is 19.7 Å². The van der Waals surface area contributed by atoms with Gasteiger partial charge in [-0.1, -0.05) is 30.3 Å². The number of carbonyl (C=O) groups is 1. The van der Waals surface area contributed by atoms with E-state index in [9.17, 15) is 13.2 Å². The Morgan fingerprint density at radius 2 is 1.79 bits per heavy atom. The maximum atomic E-state index is 12.5. The summed E-state index contributed by atoms with van der Waals surface area (Å²) in [6.07, 6.45) is 0. The van der Waals surface area contributed by atoms with Crippen LogP contribution in [0.2, 0.25) is 0 Å². The fraction of sp³-hybridized carbons (Fsp3) is 0.588. The molecule has 2 saturated heterocycles. The summed E-state index contributed by atoms with van der Waals surface area (Å²) < 4.78 is 24.4. The number of benzene rings is 1. The quantitative estimate of drug-likeness (QED) is 0.768. The molecular formula is C17H25N3O3S. The highest BCUT2D eigenvalue weighted by Gasteiger charge is 2.47. The van der Waals surface area contributed by atoms with E-state index in [1.54, 1.807) is 4.90 Å². The highest BCUT2D eigenvalue weighted by Crippen LogP contribution is 2.28. The van der Waals surface area contributed by atoms with E-state index in [1.807, 2.05) is 37.2 Å².